The minimum Gasteiger partial charge on any atom is -0.336 e. The number of hydrogen-bond acceptors (Lipinski definition) is 3. The summed E-state index contributed by atoms with van der Waals surface area (Å²) in [6, 6.07) is 3.70. The van der Waals surface area contributed by atoms with Crippen molar-refractivity contribution in [2.45, 2.75) is 20.4 Å². The summed E-state index contributed by atoms with van der Waals surface area (Å²) in [5, 5.41) is 4.43. The van der Waals surface area contributed by atoms with E-state index in [9.17, 15) is 13.6 Å². The topological polar surface area (TPSA) is 41.4 Å². The summed E-state index contributed by atoms with van der Waals surface area (Å²) in [5.74, 6) is -2.52. The summed E-state index contributed by atoms with van der Waals surface area (Å²) in [6.07, 6.45) is 0. The van der Waals surface area contributed by atoms with Gasteiger partial charge in [-0.1, -0.05) is 6.07 Å². The monoisotopic (exact) mass is 348 g/mol. The number of piperazine rings is 1. The fourth-order valence-electron chi connectivity index (χ4n) is 3.22. The molecule has 1 fully saturated rings. The lowest BCUT2D eigenvalue weighted by Gasteiger charge is -2.34. The Kier molecular flexibility index (Phi) is 4.85. The van der Waals surface area contributed by atoms with Crippen molar-refractivity contribution in [3.63, 3.8) is 0 Å². The molecule has 0 N–H and O–H groups in total. The van der Waals surface area contributed by atoms with Crippen LogP contribution in [0.3, 0.4) is 0 Å². The normalized spacial score (nSPS) is 15.6. The fourth-order valence-corrected chi connectivity index (χ4v) is 3.22. The number of nitrogens with zero attached hydrogens (tertiary/aromatic N) is 4. The molecule has 0 bridgehead atoms. The first-order valence-electron chi connectivity index (χ1n) is 8.33. The summed E-state index contributed by atoms with van der Waals surface area (Å²) in [5.41, 5.74) is 3.16. The number of benzene rings is 1. The van der Waals surface area contributed by atoms with Gasteiger partial charge in [-0.3, -0.25) is 14.4 Å². The van der Waals surface area contributed by atoms with Crippen LogP contribution in [0.4, 0.5) is 8.78 Å². The van der Waals surface area contributed by atoms with Crippen molar-refractivity contribution in [2.75, 3.05) is 26.2 Å². The second-order valence-electron chi connectivity index (χ2n) is 6.44. The molecule has 3 rings (SSSR count). The fraction of sp³-hybridized carbons (Fsp3) is 0.444. The van der Waals surface area contributed by atoms with Gasteiger partial charge in [0.1, 0.15) is 0 Å². The molecule has 0 atom stereocenters. The number of hydrogen-bond donors (Lipinski definition) is 0. The van der Waals surface area contributed by atoms with Crippen LogP contribution in [0.5, 0.6) is 0 Å². The van der Waals surface area contributed by atoms with Crippen LogP contribution in [0.1, 0.15) is 27.3 Å². The Labute approximate surface area is 145 Å². The molecule has 0 radical (unpaired) electrons. The van der Waals surface area contributed by atoms with Gasteiger partial charge in [0.25, 0.3) is 5.91 Å². The Hall–Kier alpha value is -2.28. The van der Waals surface area contributed by atoms with Crippen molar-refractivity contribution in [3.8, 4) is 0 Å². The maximum absolute atomic E-state index is 13.8. The van der Waals surface area contributed by atoms with E-state index in [-0.39, 0.29) is 5.56 Å². The molecule has 0 spiro atoms. The Morgan fingerprint density at radius 1 is 1.16 bits per heavy atom. The van der Waals surface area contributed by atoms with E-state index in [0.29, 0.717) is 26.2 Å². The van der Waals surface area contributed by atoms with Crippen molar-refractivity contribution < 1.29 is 13.6 Å². The van der Waals surface area contributed by atoms with Crippen molar-refractivity contribution >= 4 is 5.91 Å². The van der Waals surface area contributed by atoms with Gasteiger partial charge in [-0.2, -0.15) is 5.10 Å². The van der Waals surface area contributed by atoms with Gasteiger partial charge >= 0.3 is 0 Å². The molecule has 7 heteroatoms. The highest BCUT2D eigenvalue weighted by Crippen LogP contribution is 2.18. The van der Waals surface area contributed by atoms with Gasteiger partial charge in [0.2, 0.25) is 0 Å². The highest BCUT2D eigenvalue weighted by Gasteiger charge is 2.26. The molecule has 134 valence electrons. The van der Waals surface area contributed by atoms with Gasteiger partial charge in [0.15, 0.2) is 11.6 Å². The smallest absolute Gasteiger partial charge is 0.257 e. The SMILES string of the molecule is Cc1nn(C)c(C)c1CN1CCN(C(=O)c2cccc(F)c2F)CC1. The second-order valence-corrected chi connectivity index (χ2v) is 6.44. The number of halogens is 2. The van der Waals surface area contributed by atoms with E-state index >= 15 is 0 Å². The summed E-state index contributed by atoms with van der Waals surface area (Å²) in [7, 11) is 1.93. The molecule has 1 aromatic heterocycles. The summed E-state index contributed by atoms with van der Waals surface area (Å²) < 4.78 is 29.0. The minimum atomic E-state index is -1.07. The number of rotatable bonds is 3. The maximum Gasteiger partial charge on any atom is 0.257 e. The van der Waals surface area contributed by atoms with Gasteiger partial charge in [-0.05, 0) is 26.0 Å². The largest absolute Gasteiger partial charge is 0.336 e. The van der Waals surface area contributed by atoms with Gasteiger partial charge in [-0.15, -0.1) is 0 Å². The molecule has 2 heterocycles. The van der Waals surface area contributed by atoms with Crippen LogP contribution >= 0.6 is 0 Å². The zero-order valence-electron chi connectivity index (χ0n) is 14.7. The molecule has 2 aromatic rings. The third-order valence-electron chi connectivity index (χ3n) is 4.88. The lowest BCUT2D eigenvalue weighted by molar-refractivity contribution is 0.0622. The average Bonchev–Trinajstić information content (AvgIpc) is 2.84. The highest BCUT2D eigenvalue weighted by atomic mass is 19.2. The minimum absolute atomic E-state index is 0.201. The Balaban J connectivity index is 1.64. The average molecular weight is 348 g/mol. The first-order chi connectivity index (χ1) is 11.9. The Morgan fingerprint density at radius 3 is 2.44 bits per heavy atom. The van der Waals surface area contributed by atoms with Gasteiger partial charge < -0.3 is 4.90 Å². The number of aryl methyl sites for hydroxylation is 2. The van der Waals surface area contributed by atoms with Gasteiger partial charge in [0, 0.05) is 51.0 Å². The van der Waals surface area contributed by atoms with E-state index in [1.54, 1.807) is 4.90 Å². The van der Waals surface area contributed by atoms with Crippen molar-refractivity contribution in [3.05, 3.63) is 52.3 Å². The zero-order valence-corrected chi connectivity index (χ0v) is 14.7. The van der Waals surface area contributed by atoms with Gasteiger partial charge in [0.05, 0.1) is 11.3 Å². The first-order valence-corrected chi connectivity index (χ1v) is 8.33. The molecule has 0 aliphatic carbocycles. The van der Waals surface area contributed by atoms with Crippen LogP contribution in [0.15, 0.2) is 18.2 Å². The first kappa shape index (κ1) is 17.5. The molecule has 1 amide bonds. The predicted octanol–water partition coefficient (Wildman–Crippen LogP) is 2.27. The molecule has 5 nitrogen and oxygen atoms in total. The second kappa shape index (κ2) is 6.92. The van der Waals surface area contributed by atoms with E-state index in [0.717, 1.165) is 24.0 Å². The maximum atomic E-state index is 13.8. The van der Waals surface area contributed by atoms with Crippen molar-refractivity contribution in [1.29, 1.82) is 0 Å². The molecule has 1 aromatic carbocycles. The highest BCUT2D eigenvalue weighted by molar-refractivity contribution is 5.94. The van der Waals surface area contributed by atoms with Crippen LogP contribution in [0, 0.1) is 25.5 Å². The van der Waals surface area contributed by atoms with Crippen molar-refractivity contribution in [2.24, 2.45) is 7.05 Å². The summed E-state index contributed by atoms with van der Waals surface area (Å²) in [6.45, 7) is 7.19. The molecule has 0 saturated carbocycles. The van der Waals surface area contributed by atoms with Crippen molar-refractivity contribution in [1.82, 2.24) is 19.6 Å². The van der Waals surface area contributed by atoms with E-state index < -0.39 is 17.5 Å². The Bertz CT molecular complexity index is 795. The molecule has 1 aliphatic heterocycles. The number of carbonyl (C=O) groups excluding carboxylic acids is 1. The lowest BCUT2D eigenvalue weighted by atomic mass is 10.1. The zero-order chi connectivity index (χ0) is 18.1. The molecule has 0 unspecified atom stereocenters. The van der Waals surface area contributed by atoms with Crippen LogP contribution in [-0.2, 0) is 13.6 Å². The van der Waals surface area contributed by atoms with Crippen LogP contribution < -0.4 is 0 Å². The van der Waals surface area contributed by atoms with Crippen LogP contribution in [-0.4, -0.2) is 51.7 Å². The summed E-state index contributed by atoms with van der Waals surface area (Å²) in [4.78, 5) is 16.3. The van der Waals surface area contributed by atoms with Gasteiger partial charge in [-0.25, -0.2) is 8.78 Å². The number of carbonyl (C=O) groups is 1. The summed E-state index contributed by atoms with van der Waals surface area (Å²) >= 11 is 0. The van der Waals surface area contributed by atoms with Crippen LogP contribution in [0.25, 0.3) is 0 Å². The van der Waals surface area contributed by atoms with E-state index in [4.69, 9.17) is 0 Å². The molecular weight excluding hydrogens is 326 g/mol. The quantitative estimate of drug-likeness (QED) is 0.855. The van der Waals surface area contributed by atoms with E-state index in [2.05, 4.69) is 10.00 Å². The molecule has 1 saturated heterocycles. The third-order valence-corrected chi connectivity index (χ3v) is 4.88. The predicted molar refractivity (Wildman–Crippen MR) is 90.2 cm³/mol. The number of amides is 1. The lowest BCUT2D eigenvalue weighted by Crippen LogP contribution is -2.48. The molecular formula is C18H22F2N4O. The standard InChI is InChI=1S/C18H22F2N4O/c1-12-15(13(2)22(3)21-12)11-23-7-9-24(10-8-23)18(25)14-5-4-6-16(19)17(14)20/h4-6H,7-11H2,1-3H3. The van der Waals surface area contributed by atoms with Crippen LogP contribution in [0.2, 0.25) is 0 Å². The van der Waals surface area contributed by atoms with E-state index in [1.165, 1.54) is 17.7 Å². The van der Waals surface area contributed by atoms with E-state index in [1.807, 2.05) is 25.6 Å². The molecule has 25 heavy (non-hydrogen) atoms. The number of aromatic nitrogens is 2. The third kappa shape index (κ3) is 3.42. The molecule has 1 aliphatic rings. The Morgan fingerprint density at radius 2 is 1.84 bits per heavy atom.